The van der Waals surface area contributed by atoms with Crippen molar-refractivity contribution >= 4 is 5.91 Å². The number of rotatable bonds is 6. The van der Waals surface area contributed by atoms with Gasteiger partial charge in [-0.25, -0.2) is 0 Å². The summed E-state index contributed by atoms with van der Waals surface area (Å²) in [6, 6.07) is 10.1. The molecule has 1 aliphatic heterocycles. The van der Waals surface area contributed by atoms with E-state index < -0.39 is 0 Å². The van der Waals surface area contributed by atoms with Crippen LogP contribution in [0.5, 0.6) is 17.2 Å². The highest BCUT2D eigenvalue weighted by Crippen LogP contribution is 2.33. The maximum Gasteiger partial charge on any atom is 0.260 e. The Morgan fingerprint density at radius 3 is 2.41 bits per heavy atom. The summed E-state index contributed by atoms with van der Waals surface area (Å²) in [6.07, 6.45) is 1.68. The molecule has 144 valence electrons. The first kappa shape index (κ1) is 19.1. The lowest BCUT2D eigenvalue weighted by molar-refractivity contribution is -0.134. The van der Waals surface area contributed by atoms with Gasteiger partial charge in [-0.3, -0.25) is 4.79 Å². The van der Waals surface area contributed by atoms with Gasteiger partial charge in [0.1, 0.15) is 5.75 Å². The zero-order valence-corrected chi connectivity index (χ0v) is 16.5. The minimum Gasteiger partial charge on any atom is -0.493 e. The summed E-state index contributed by atoms with van der Waals surface area (Å²) in [5.74, 6) is 2.22. The van der Waals surface area contributed by atoms with Crippen molar-refractivity contribution in [2.24, 2.45) is 0 Å². The summed E-state index contributed by atoms with van der Waals surface area (Å²) in [6.45, 7) is 5.41. The van der Waals surface area contributed by atoms with Crippen LogP contribution in [-0.4, -0.2) is 38.2 Å². The summed E-state index contributed by atoms with van der Waals surface area (Å²) < 4.78 is 16.6. The van der Waals surface area contributed by atoms with Gasteiger partial charge in [-0.2, -0.15) is 0 Å². The van der Waals surface area contributed by atoms with Crippen molar-refractivity contribution in [1.82, 2.24) is 4.90 Å². The number of hydrogen-bond donors (Lipinski definition) is 0. The molecule has 0 N–H and O–H groups in total. The molecule has 0 atom stereocenters. The number of carbonyl (C=O) groups excluding carboxylic acids is 1. The van der Waals surface area contributed by atoms with E-state index in [2.05, 4.69) is 19.1 Å². The fourth-order valence-electron chi connectivity index (χ4n) is 3.42. The summed E-state index contributed by atoms with van der Waals surface area (Å²) >= 11 is 0. The Bertz CT molecular complexity index is 831. The fraction of sp³-hybridized carbons (Fsp3) is 0.409. The zero-order valence-electron chi connectivity index (χ0n) is 16.5. The molecule has 0 unspecified atom stereocenters. The lowest BCUT2D eigenvalue weighted by Gasteiger charge is -2.29. The van der Waals surface area contributed by atoms with Gasteiger partial charge in [0, 0.05) is 13.1 Å². The van der Waals surface area contributed by atoms with E-state index in [4.69, 9.17) is 14.2 Å². The maximum atomic E-state index is 12.7. The number of methoxy groups -OCH3 is 2. The maximum absolute atomic E-state index is 12.7. The molecule has 1 heterocycles. The van der Waals surface area contributed by atoms with E-state index in [0.29, 0.717) is 18.8 Å². The lowest BCUT2D eigenvalue weighted by Crippen LogP contribution is -2.38. The second-order valence-corrected chi connectivity index (χ2v) is 6.79. The zero-order chi connectivity index (χ0) is 19.4. The second kappa shape index (κ2) is 8.33. The molecule has 0 saturated carbocycles. The van der Waals surface area contributed by atoms with Crippen LogP contribution in [0.4, 0.5) is 0 Å². The number of carbonyl (C=O) groups is 1. The summed E-state index contributed by atoms with van der Waals surface area (Å²) in [5, 5.41) is 0. The Morgan fingerprint density at radius 2 is 1.74 bits per heavy atom. The van der Waals surface area contributed by atoms with Gasteiger partial charge < -0.3 is 19.1 Å². The molecule has 27 heavy (non-hydrogen) atoms. The molecular weight excluding hydrogens is 342 g/mol. The molecule has 0 aromatic heterocycles. The molecule has 2 aromatic carbocycles. The molecule has 5 heteroatoms. The van der Waals surface area contributed by atoms with Crippen molar-refractivity contribution < 1.29 is 19.0 Å². The average molecular weight is 369 g/mol. The van der Waals surface area contributed by atoms with E-state index in [1.165, 1.54) is 5.56 Å². The Kier molecular flexibility index (Phi) is 5.89. The number of aryl methyl sites for hydroxylation is 2. The van der Waals surface area contributed by atoms with Crippen LogP contribution in [0.2, 0.25) is 0 Å². The molecule has 0 radical (unpaired) electrons. The second-order valence-electron chi connectivity index (χ2n) is 6.79. The van der Waals surface area contributed by atoms with Gasteiger partial charge in [-0.15, -0.1) is 0 Å². The summed E-state index contributed by atoms with van der Waals surface area (Å²) in [7, 11) is 3.26. The molecule has 0 aliphatic carbocycles. The van der Waals surface area contributed by atoms with Gasteiger partial charge in [0.25, 0.3) is 5.91 Å². The number of nitrogens with zero attached hydrogens (tertiary/aromatic N) is 1. The predicted octanol–water partition coefficient (Wildman–Crippen LogP) is 3.54. The smallest absolute Gasteiger partial charge is 0.260 e. The van der Waals surface area contributed by atoms with Crippen molar-refractivity contribution in [1.29, 1.82) is 0 Å². The third-order valence-corrected chi connectivity index (χ3v) is 5.03. The number of benzene rings is 2. The quantitative estimate of drug-likeness (QED) is 0.781. The van der Waals surface area contributed by atoms with Crippen LogP contribution in [0, 0.1) is 6.92 Å². The van der Waals surface area contributed by atoms with Crippen LogP contribution in [0.1, 0.15) is 29.2 Å². The first-order valence-corrected chi connectivity index (χ1v) is 9.29. The SMILES string of the molecule is CCc1ccc(C)cc1OCC(=O)N1CCc2cc(OC)c(OC)cc2C1. The highest BCUT2D eigenvalue weighted by Gasteiger charge is 2.23. The molecule has 0 fully saturated rings. The van der Waals surface area contributed by atoms with Gasteiger partial charge >= 0.3 is 0 Å². The normalized spacial score (nSPS) is 13.1. The van der Waals surface area contributed by atoms with Crippen molar-refractivity contribution in [3.05, 3.63) is 52.6 Å². The van der Waals surface area contributed by atoms with Crippen LogP contribution >= 0.6 is 0 Å². The molecular formula is C22H27NO4. The third kappa shape index (κ3) is 4.18. The predicted molar refractivity (Wildman–Crippen MR) is 105 cm³/mol. The Morgan fingerprint density at radius 1 is 1.04 bits per heavy atom. The molecule has 0 bridgehead atoms. The van der Waals surface area contributed by atoms with Crippen molar-refractivity contribution in [3.8, 4) is 17.2 Å². The van der Waals surface area contributed by atoms with Gasteiger partial charge in [0.2, 0.25) is 0 Å². The topological polar surface area (TPSA) is 48.0 Å². The van der Waals surface area contributed by atoms with Gasteiger partial charge in [0.05, 0.1) is 14.2 Å². The molecule has 1 amide bonds. The summed E-state index contributed by atoms with van der Waals surface area (Å²) in [5.41, 5.74) is 4.54. The first-order valence-electron chi connectivity index (χ1n) is 9.29. The van der Waals surface area contributed by atoms with E-state index in [9.17, 15) is 4.79 Å². The van der Waals surface area contributed by atoms with Gasteiger partial charge in [-0.1, -0.05) is 19.1 Å². The standard InChI is InChI=1S/C22H27NO4/c1-5-16-7-6-15(2)10-19(16)27-14-22(24)23-9-8-17-11-20(25-3)21(26-4)12-18(17)13-23/h6-7,10-12H,5,8-9,13-14H2,1-4H3. The van der Waals surface area contributed by atoms with E-state index in [1.807, 2.05) is 30.0 Å². The van der Waals surface area contributed by atoms with Gasteiger partial charge in [0.15, 0.2) is 18.1 Å². The molecule has 0 spiro atoms. The van der Waals surface area contributed by atoms with Crippen molar-refractivity contribution in [3.63, 3.8) is 0 Å². The fourth-order valence-corrected chi connectivity index (χ4v) is 3.42. The highest BCUT2D eigenvalue weighted by atomic mass is 16.5. The minimum absolute atomic E-state index is 0.000931. The number of fused-ring (bicyclic) bond motifs is 1. The largest absolute Gasteiger partial charge is 0.493 e. The van der Waals surface area contributed by atoms with E-state index in [0.717, 1.165) is 41.0 Å². The van der Waals surface area contributed by atoms with E-state index in [-0.39, 0.29) is 12.5 Å². The molecule has 1 aliphatic rings. The third-order valence-electron chi connectivity index (χ3n) is 5.03. The van der Waals surface area contributed by atoms with Crippen molar-refractivity contribution in [2.75, 3.05) is 27.4 Å². The Balaban J connectivity index is 1.68. The first-order chi connectivity index (χ1) is 13.0. The van der Waals surface area contributed by atoms with Crippen LogP contribution < -0.4 is 14.2 Å². The average Bonchev–Trinajstić information content (AvgIpc) is 2.70. The molecule has 2 aromatic rings. The Hall–Kier alpha value is -2.69. The number of amides is 1. The highest BCUT2D eigenvalue weighted by molar-refractivity contribution is 5.78. The lowest BCUT2D eigenvalue weighted by atomic mass is 9.99. The van der Waals surface area contributed by atoms with Crippen LogP contribution in [0.3, 0.4) is 0 Å². The minimum atomic E-state index is -0.000931. The summed E-state index contributed by atoms with van der Waals surface area (Å²) in [4.78, 5) is 14.5. The molecule has 3 rings (SSSR count). The van der Waals surface area contributed by atoms with Crippen LogP contribution in [0.25, 0.3) is 0 Å². The molecule has 5 nitrogen and oxygen atoms in total. The van der Waals surface area contributed by atoms with Gasteiger partial charge in [-0.05, 0) is 60.2 Å². The number of ether oxygens (including phenoxy) is 3. The van der Waals surface area contributed by atoms with E-state index >= 15 is 0 Å². The van der Waals surface area contributed by atoms with E-state index in [1.54, 1.807) is 14.2 Å². The van der Waals surface area contributed by atoms with Crippen molar-refractivity contribution in [2.45, 2.75) is 33.2 Å². The number of hydrogen-bond acceptors (Lipinski definition) is 4. The Labute approximate surface area is 160 Å². The van der Waals surface area contributed by atoms with Crippen LogP contribution in [0.15, 0.2) is 30.3 Å². The molecule has 0 saturated heterocycles. The monoisotopic (exact) mass is 369 g/mol. The van der Waals surface area contributed by atoms with Crippen LogP contribution in [-0.2, 0) is 24.2 Å².